The van der Waals surface area contributed by atoms with Crippen molar-refractivity contribution in [3.8, 4) is 5.75 Å². The predicted octanol–water partition coefficient (Wildman–Crippen LogP) is 1.51. The molecule has 0 saturated heterocycles. The summed E-state index contributed by atoms with van der Waals surface area (Å²) in [6.07, 6.45) is 1.12. The Kier molecular flexibility index (Phi) is 1.77. The van der Waals surface area contributed by atoms with Gasteiger partial charge in [0.25, 0.3) is 0 Å². The first-order valence-corrected chi connectivity index (χ1v) is 4.21. The number of hydrogen-bond acceptors (Lipinski definition) is 2. The number of methoxy groups -OCH3 is 1. The highest BCUT2D eigenvalue weighted by Gasteiger charge is 2.34. The highest BCUT2D eigenvalue weighted by Crippen LogP contribution is 2.39. The van der Waals surface area contributed by atoms with Crippen molar-refractivity contribution in [2.45, 2.75) is 18.4 Å². The maximum atomic E-state index is 5.75. The van der Waals surface area contributed by atoms with E-state index in [1.165, 1.54) is 5.56 Å². The molecular formula is C10H13NO. The zero-order valence-electron chi connectivity index (χ0n) is 7.16. The van der Waals surface area contributed by atoms with Crippen LogP contribution in [0.15, 0.2) is 24.3 Å². The number of benzene rings is 1. The van der Waals surface area contributed by atoms with Crippen molar-refractivity contribution >= 4 is 0 Å². The van der Waals surface area contributed by atoms with E-state index in [2.05, 4.69) is 12.1 Å². The topological polar surface area (TPSA) is 35.2 Å². The number of ether oxygens (including phenoxy) is 1. The number of hydrogen-bond donors (Lipinski definition) is 1. The molecule has 64 valence electrons. The maximum absolute atomic E-state index is 5.75. The molecule has 0 bridgehead atoms. The second-order valence-electron chi connectivity index (χ2n) is 3.28. The van der Waals surface area contributed by atoms with E-state index in [4.69, 9.17) is 10.5 Å². The first-order chi connectivity index (χ1) is 5.81. The van der Waals surface area contributed by atoms with Crippen LogP contribution in [0.1, 0.15) is 17.9 Å². The summed E-state index contributed by atoms with van der Waals surface area (Å²) >= 11 is 0. The number of rotatable bonds is 2. The van der Waals surface area contributed by atoms with Crippen molar-refractivity contribution in [3.63, 3.8) is 0 Å². The average Bonchev–Trinajstić information content (AvgIpc) is 2.83. The van der Waals surface area contributed by atoms with Crippen LogP contribution in [0, 0.1) is 0 Å². The van der Waals surface area contributed by atoms with E-state index >= 15 is 0 Å². The molecule has 1 aliphatic carbocycles. The zero-order valence-corrected chi connectivity index (χ0v) is 7.16. The van der Waals surface area contributed by atoms with Crippen LogP contribution < -0.4 is 10.5 Å². The minimum Gasteiger partial charge on any atom is -0.497 e. The zero-order chi connectivity index (χ0) is 8.55. The molecule has 0 heterocycles. The molecule has 0 aliphatic heterocycles. The molecule has 1 saturated carbocycles. The van der Waals surface area contributed by atoms with E-state index in [1.807, 2.05) is 12.1 Å². The summed E-state index contributed by atoms with van der Waals surface area (Å²) in [4.78, 5) is 0. The minimum atomic E-state index is 0.372. The van der Waals surface area contributed by atoms with Crippen LogP contribution in [-0.2, 0) is 0 Å². The first kappa shape index (κ1) is 7.62. The normalized spacial score (nSPS) is 26.8. The largest absolute Gasteiger partial charge is 0.497 e. The van der Waals surface area contributed by atoms with E-state index in [0.29, 0.717) is 12.0 Å². The van der Waals surface area contributed by atoms with Crippen molar-refractivity contribution in [1.82, 2.24) is 0 Å². The maximum Gasteiger partial charge on any atom is 0.119 e. The van der Waals surface area contributed by atoms with Crippen LogP contribution >= 0.6 is 0 Å². The summed E-state index contributed by atoms with van der Waals surface area (Å²) in [5.74, 6) is 1.49. The molecular weight excluding hydrogens is 150 g/mol. The van der Waals surface area contributed by atoms with Crippen LogP contribution in [0.25, 0.3) is 0 Å². The molecule has 1 unspecified atom stereocenters. The molecule has 1 aromatic carbocycles. The Morgan fingerprint density at radius 2 is 2.25 bits per heavy atom. The van der Waals surface area contributed by atoms with Gasteiger partial charge in [-0.1, -0.05) is 12.1 Å². The van der Waals surface area contributed by atoms with Crippen LogP contribution in [0.4, 0.5) is 0 Å². The lowest BCUT2D eigenvalue weighted by Gasteiger charge is -2.02. The van der Waals surface area contributed by atoms with Gasteiger partial charge in [-0.25, -0.2) is 0 Å². The van der Waals surface area contributed by atoms with Crippen LogP contribution in [0.3, 0.4) is 0 Å². The molecule has 2 N–H and O–H groups in total. The monoisotopic (exact) mass is 163 g/mol. The molecule has 1 fully saturated rings. The molecule has 2 nitrogen and oxygen atoms in total. The van der Waals surface area contributed by atoms with Gasteiger partial charge >= 0.3 is 0 Å². The van der Waals surface area contributed by atoms with Gasteiger partial charge in [0.1, 0.15) is 5.75 Å². The van der Waals surface area contributed by atoms with Gasteiger partial charge in [0.15, 0.2) is 0 Å². The Morgan fingerprint density at radius 1 is 1.50 bits per heavy atom. The van der Waals surface area contributed by atoms with Gasteiger partial charge in [0, 0.05) is 12.0 Å². The average molecular weight is 163 g/mol. The van der Waals surface area contributed by atoms with Crippen LogP contribution in [0.5, 0.6) is 5.75 Å². The van der Waals surface area contributed by atoms with E-state index in [0.717, 1.165) is 12.2 Å². The van der Waals surface area contributed by atoms with Gasteiger partial charge in [-0.05, 0) is 24.1 Å². The summed E-state index contributed by atoms with van der Waals surface area (Å²) < 4.78 is 5.13. The van der Waals surface area contributed by atoms with E-state index in [9.17, 15) is 0 Å². The van der Waals surface area contributed by atoms with Crippen LogP contribution in [-0.4, -0.2) is 13.2 Å². The molecule has 2 heteroatoms. The highest BCUT2D eigenvalue weighted by molar-refractivity contribution is 5.34. The first-order valence-electron chi connectivity index (χ1n) is 4.21. The second-order valence-corrected chi connectivity index (χ2v) is 3.28. The smallest absolute Gasteiger partial charge is 0.119 e. The Labute approximate surface area is 72.3 Å². The summed E-state index contributed by atoms with van der Waals surface area (Å²) in [6, 6.07) is 8.52. The SMILES string of the molecule is COc1cccc(C2C[C@H]2N)c1. The van der Waals surface area contributed by atoms with Crippen molar-refractivity contribution in [2.24, 2.45) is 5.73 Å². The molecule has 0 amide bonds. The van der Waals surface area contributed by atoms with Gasteiger partial charge in [0.2, 0.25) is 0 Å². The third kappa shape index (κ3) is 1.30. The van der Waals surface area contributed by atoms with Gasteiger partial charge in [-0.2, -0.15) is 0 Å². The lowest BCUT2D eigenvalue weighted by molar-refractivity contribution is 0.414. The predicted molar refractivity (Wildman–Crippen MR) is 48.3 cm³/mol. The third-order valence-electron chi connectivity index (χ3n) is 2.36. The molecule has 1 aromatic rings. The molecule has 0 aromatic heterocycles. The molecule has 1 aliphatic rings. The fraction of sp³-hybridized carbons (Fsp3) is 0.400. The van der Waals surface area contributed by atoms with Gasteiger partial charge < -0.3 is 10.5 Å². The van der Waals surface area contributed by atoms with Gasteiger partial charge in [-0.15, -0.1) is 0 Å². The lowest BCUT2D eigenvalue weighted by Crippen LogP contribution is -2.00. The summed E-state index contributed by atoms with van der Waals surface area (Å²) in [5.41, 5.74) is 7.06. The summed E-state index contributed by atoms with van der Waals surface area (Å²) in [7, 11) is 1.69. The Bertz CT molecular complexity index is 285. The van der Waals surface area contributed by atoms with E-state index in [1.54, 1.807) is 7.11 Å². The van der Waals surface area contributed by atoms with Crippen molar-refractivity contribution < 1.29 is 4.74 Å². The molecule has 12 heavy (non-hydrogen) atoms. The van der Waals surface area contributed by atoms with E-state index in [-0.39, 0.29) is 0 Å². The molecule has 2 rings (SSSR count). The molecule has 2 atom stereocenters. The fourth-order valence-corrected chi connectivity index (χ4v) is 1.47. The minimum absolute atomic E-state index is 0.372. The summed E-state index contributed by atoms with van der Waals surface area (Å²) in [5, 5.41) is 0. The fourth-order valence-electron chi connectivity index (χ4n) is 1.47. The summed E-state index contributed by atoms with van der Waals surface area (Å²) in [6.45, 7) is 0. The quantitative estimate of drug-likeness (QED) is 0.717. The van der Waals surface area contributed by atoms with Crippen molar-refractivity contribution in [1.29, 1.82) is 0 Å². The number of nitrogens with two attached hydrogens (primary N) is 1. The van der Waals surface area contributed by atoms with Crippen LogP contribution in [0.2, 0.25) is 0 Å². The lowest BCUT2D eigenvalue weighted by atomic mass is 10.1. The Balaban J connectivity index is 2.21. The van der Waals surface area contributed by atoms with Crippen molar-refractivity contribution in [2.75, 3.05) is 7.11 Å². The third-order valence-corrected chi connectivity index (χ3v) is 2.36. The standard InChI is InChI=1S/C10H13NO/c1-12-8-4-2-3-7(5-8)9-6-10(9)11/h2-5,9-10H,6,11H2,1H3/t9?,10-/m1/s1. The Morgan fingerprint density at radius 3 is 2.83 bits per heavy atom. The second kappa shape index (κ2) is 2.79. The highest BCUT2D eigenvalue weighted by atomic mass is 16.5. The van der Waals surface area contributed by atoms with Gasteiger partial charge in [-0.3, -0.25) is 0 Å². The van der Waals surface area contributed by atoms with Gasteiger partial charge in [0.05, 0.1) is 7.11 Å². The molecule has 0 spiro atoms. The Hall–Kier alpha value is -1.02. The molecule has 0 radical (unpaired) electrons. The van der Waals surface area contributed by atoms with Crippen molar-refractivity contribution in [3.05, 3.63) is 29.8 Å². The van der Waals surface area contributed by atoms with E-state index < -0.39 is 0 Å².